The molecule has 1 heterocycles. The molecule has 2 aromatic rings. The number of H-pyrrole nitrogens is 1. The Kier molecular flexibility index (Phi) is 1.80. The van der Waals surface area contributed by atoms with Crippen molar-refractivity contribution >= 4 is 16.9 Å². The molecule has 0 aliphatic heterocycles. The van der Waals surface area contributed by atoms with Crippen molar-refractivity contribution in [2.75, 3.05) is 0 Å². The number of aromatic amines is 1. The molecule has 0 radical (unpaired) electrons. The molecule has 3 rings (SSSR count). The number of aliphatic carboxylic acids is 1. The first kappa shape index (κ1) is 9.39. The number of hydrogen-bond acceptors (Lipinski definition) is 2. The molecule has 0 bridgehead atoms. The summed E-state index contributed by atoms with van der Waals surface area (Å²) < 4.78 is 0. The average Bonchev–Trinajstić information content (AvgIpc) is 2.89. The summed E-state index contributed by atoms with van der Waals surface area (Å²) in [6, 6.07) is 7.82. The maximum absolute atomic E-state index is 10.9. The summed E-state index contributed by atoms with van der Waals surface area (Å²) in [5, 5.41) is 17.2. The molecule has 1 aliphatic carbocycles. The van der Waals surface area contributed by atoms with Crippen LogP contribution in [0.5, 0.6) is 0 Å². The van der Waals surface area contributed by atoms with Gasteiger partial charge < -0.3 is 5.11 Å². The Morgan fingerprint density at radius 1 is 1.44 bits per heavy atom. The molecule has 82 valence electrons. The van der Waals surface area contributed by atoms with Gasteiger partial charge in [-0.1, -0.05) is 18.2 Å². The third-order valence-electron chi connectivity index (χ3n) is 3.34. The molecule has 1 aromatic carbocycles. The number of carboxylic acid groups (broad SMARTS) is 1. The molecule has 4 nitrogen and oxygen atoms in total. The fourth-order valence-corrected chi connectivity index (χ4v) is 2.32. The van der Waals surface area contributed by atoms with E-state index in [0.717, 1.165) is 29.4 Å². The molecule has 1 aliphatic rings. The lowest BCUT2D eigenvalue weighted by Gasteiger charge is -2.10. The summed E-state index contributed by atoms with van der Waals surface area (Å²) >= 11 is 0. The summed E-state index contributed by atoms with van der Waals surface area (Å²) in [5.74, 6) is -0.740. The number of fused-ring (bicyclic) bond motifs is 1. The molecule has 0 unspecified atom stereocenters. The normalized spacial score (nSPS) is 17.5. The maximum atomic E-state index is 10.9. The van der Waals surface area contributed by atoms with Gasteiger partial charge in [0, 0.05) is 16.5 Å². The van der Waals surface area contributed by atoms with Gasteiger partial charge in [0.25, 0.3) is 0 Å². The Balaban J connectivity index is 2.09. The number of carbonyl (C=O) groups is 1. The number of para-hydroxylation sites is 1. The smallest absolute Gasteiger partial charge is 0.304 e. The van der Waals surface area contributed by atoms with Crippen molar-refractivity contribution in [3.05, 3.63) is 30.0 Å². The second kappa shape index (κ2) is 3.07. The molecular weight excluding hydrogens is 204 g/mol. The van der Waals surface area contributed by atoms with Crippen LogP contribution in [0.15, 0.2) is 24.3 Å². The van der Waals surface area contributed by atoms with E-state index in [1.54, 1.807) is 0 Å². The van der Waals surface area contributed by atoms with Gasteiger partial charge in [-0.3, -0.25) is 9.89 Å². The monoisotopic (exact) mass is 216 g/mol. The van der Waals surface area contributed by atoms with Crippen LogP contribution in [0.25, 0.3) is 10.9 Å². The van der Waals surface area contributed by atoms with Crippen molar-refractivity contribution in [2.45, 2.75) is 24.7 Å². The van der Waals surface area contributed by atoms with Gasteiger partial charge in [-0.05, 0) is 18.9 Å². The Morgan fingerprint density at radius 3 is 2.88 bits per heavy atom. The topological polar surface area (TPSA) is 66.0 Å². The lowest BCUT2D eigenvalue weighted by Crippen LogP contribution is -2.13. The second-order valence-electron chi connectivity index (χ2n) is 4.47. The fourth-order valence-electron chi connectivity index (χ4n) is 2.32. The minimum Gasteiger partial charge on any atom is -0.481 e. The Labute approximate surface area is 92.3 Å². The maximum Gasteiger partial charge on any atom is 0.304 e. The van der Waals surface area contributed by atoms with E-state index in [1.807, 2.05) is 24.3 Å². The van der Waals surface area contributed by atoms with Crippen LogP contribution >= 0.6 is 0 Å². The van der Waals surface area contributed by atoms with Gasteiger partial charge in [0.15, 0.2) is 0 Å². The number of carboxylic acids is 1. The van der Waals surface area contributed by atoms with Crippen molar-refractivity contribution in [2.24, 2.45) is 0 Å². The predicted octanol–water partition coefficient (Wildman–Crippen LogP) is 2.07. The van der Waals surface area contributed by atoms with Gasteiger partial charge in [0.05, 0.1) is 11.9 Å². The van der Waals surface area contributed by atoms with E-state index in [1.165, 1.54) is 0 Å². The van der Waals surface area contributed by atoms with Crippen LogP contribution in [-0.4, -0.2) is 21.3 Å². The van der Waals surface area contributed by atoms with Gasteiger partial charge in [0.1, 0.15) is 0 Å². The fraction of sp³-hybridized carbons (Fsp3) is 0.333. The van der Waals surface area contributed by atoms with Gasteiger partial charge in [-0.2, -0.15) is 5.10 Å². The molecule has 1 saturated carbocycles. The van der Waals surface area contributed by atoms with Crippen molar-refractivity contribution in [3.63, 3.8) is 0 Å². The first-order chi connectivity index (χ1) is 7.71. The highest BCUT2D eigenvalue weighted by Crippen LogP contribution is 2.52. The van der Waals surface area contributed by atoms with Crippen LogP contribution in [0, 0.1) is 0 Å². The van der Waals surface area contributed by atoms with E-state index in [2.05, 4.69) is 10.2 Å². The third-order valence-corrected chi connectivity index (χ3v) is 3.34. The Hall–Kier alpha value is -1.84. The Bertz CT molecular complexity index is 555. The lowest BCUT2D eigenvalue weighted by atomic mass is 9.95. The van der Waals surface area contributed by atoms with Gasteiger partial charge in [0.2, 0.25) is 0 Å². The second-order valence-corrected chi connectivity index (χ2v) is 4.47. The van der Waals surface area contributed by atoms with Gasteiger partial charge in [-0.25, -0.2) is 0 Å². The number of rotatable bonds is 3. The van der Waals surface area contributed by atoms with E-state index in [4.69, 9.17) is 5.11 Å². The lowest BCUT2D eigenvalue weighted by molar-refractivity contribution is -0.137. The largest absolute Gasteiger partial charge is 0.481 e. The van der Waals surface area contributed by atoms with E-state index < -0.39 is 5.97 Å². The number of aromatic nitrogens is 2. The molecule has 0 atom stereocenters. The van der Waals surface area contributed by atoms with E-state index in [0.29, 0.717) is 0 Å². The quantitative estimate of drug-likeness (QED) is 0.825. The third kappa shape index (κ3) is 1.30. The molecule has 4 heteroatoms. The minimum atomic E-state index is -0.740. The minimum absolute atomic E-state index is 0.193. The Morgan fingerprint density at radius 2 is 2.19 bits per heavy atom. The average molecular weight is 216 g/mol. The van der Waals surface area contributed by atoms with Crippen LogP contribution < -0.4 is 0 Å². The predicted molar refractivity (Wildman–Crippen MR) is 59.3 cm³/mol. The molecule has 0 spiro atoms. The summed E-state index contributed by atoms with van der Waals surface area (Å²) in [5.41, 5.74) is 1.71. The van der Waals surface area contributed by atoms with E-state index in [-0.39, 0.29) is 11.8 Å². The zero-order chi connectivity index (χ0) is 11.2. The van der Waals surface area contributed by atoms with Crippen molar-refractivity contribution in [3.8, 4) is 0 Å². The number of nitrogens with zero attached hydrogens (tertiary/aromatic N) is 1. The molecule has 1 fully saturated rings. The van der Waals surface area contributed by atoms with Crippen molar-refractivity contribution < 1.29 is 9.90 Å². The van der Waals surface area contributed by atoms with Crippen molar-refractivity contribution in [1.82, 2.24) is 10.2 Å². The van der Waals surface area contributed by atoms with Crippen LogP contribution in [0.3, 0.4) is 0 Å². The van der Waals surface area contributed by atoms with Crippen molar-refractivity contribution in [1.29, 1.82) is 0 Å². The first-order valence-corrected chi connectivity index (χ1v) is 5.37. The summed E-state index contributed by atoms with van der Waals surface area (Å²) in [6.07, 6.45) is 2.07. The van der Waals surface area contributed by atoms with Crippen LogP contribution in [0.1, 0.15) is 25.0 Å². The summed E-state index contributed by atoms with van der Waals surface area (Å²) in [7, 11) is 0. The first-order valence-electron chi connectivity index (χ1n) is 5.37. The van der Waals surface area contributed by atoms with Gasteiger partial charge >= 0.3 is 5.97 Å². The highest BCUT2D eigenvalue weighted by atomic mass is 16.4. The zero-order valence-corrected chi connectivity index (χ0v) is 8.73. The highest BCUT2D eigenvalue weighted by Gasteiger charge is 2.48. The van der Waals surface area contributed by atoms with Crippen LogP contribution in [0.4, 0.5) is 0 Å². The van der Waals surface area contributed by atoms with E-state index in [9.17, 15) is 4.79 Å². The van der Waals surface area contributed by atoms with Crippen LogP contribution in [0.2, 0.25) is 0 Å². The summed E-state index contributed by atoms with van der Waals surface area (Å²) in [4.78, 5) is 10.9. The molecule has 16 heavy (non-hydrogen) atoms. The standard InChI is InChI=1S/C12H12N2O2/c15-10(16)7-12(5-6-12)11-8-3-1-2-4-9(8)13-14-11/h1-4H,5-7H2,(H,13,14)(H,15,16). The zero-order valence-electron chi connectivity index (χ0n) is 8.73. The van der Waals surface area contributed by atoms with Gasteiger partial charge in [-0.15, -0.1) is 0 Å². The molecule has 0 amide bonds. The molecule has 1 aromatic heterocycles. The molecule has 0 saturated heterocycles. The van der Waals surface area contributed by atoms with Crippen LogP contribution in [-0.2, 0) is 10.2 Å². The SMILES string of the molecule is O=C(O)CC1(c2[nH]nc3ccccc23)CC1. The number of nitrogens with one attached hydrogen (secondary N) is 1. The molecule has 2 N–H and O–H groups in total. The highest BCUT2D eigenvalue weighted by molar-refractivity contribution is 5.84. The van der Waals surface area contributed by atoms with E-state index >= 15 is 0 Å². The summed E-state index contributed by atoms with van der Waals surface area (Å²) in [6.45, 7) is 0. The number of hydrogen-bond donors (Lipinski definition) is 2. The number of benzene rings is 1. The molecular formula is C12H12N2O2.